The summed E-state index contributed by atoms with van der Waals surface area (Å²) in [6.07, 6.45) is 0. The van der Waals surface area contributed by atoms with E-state index in [-0.39, 0.29) is 6.61 Å². The molecule has 0 aliphatic rings. The van der Waals surface area contributed by atoms with Crippen LogP contribution < -0.4 is 4.74 Å². The Morgan fingerprint density at radius 2 is 2.33 bits per heavy atom. The Morgan fingerprint density at radius 3 is 2.80 bits per heavy atom. The van der Waals surface area contributed by atoms with Crippen LogP contribution in [0.3, 0.4) is 0 Å². The summed E-state index contributed by atoms with van der Waals surface area (Å²) in [7, 11) is 3.35. The fourth-order valence-electron chi connectivity index (χ4n) is 0.981. The molecule has 1 unspecified atom stereocenters. The van der Waals surface area contributed by atoms with Crippen molar-refractivity contribution in [2.45, 2.75) is 13.5 Å². The minimum atomic E-state index is -1.43. The second-order valence-corrected chi connectivity index (χ2v) is 4.52. The Morgan fingerprint density at radius 1 is 1.67 bits per heavy atom. The number of hydrogen-bond acceptors (Lipinski definition) is 5. The molecule has 0 amide bonds. The van der Waals surface area contributed by atoms with Gasteiger partial charge in [0, 0.05) is 20.2 Å². The molecule has 0 aliphatic heterocycles. The molecule has 1 rings (SSSR count). The summed E-state index contributed by atoms with van der Waals surface area (Å²) in [6.45, 7) is 2.09. The van der Waals surface area contributed by atoms with Gasteiger partial charge in [0.15, 0.2) is 11.5 Å². The van der Waals surface area contributed by atoms with Crippen molar-refractivity contribution in [2.75, 3.05) is 20.7 Å². The van der Waals surface area contributed by atoms with Crippen LogP contribution in [0.5, 0.6) is 5.88 Å². The van der Waals surface area contributed by atoms with Crippen LogP contribution >= 0.6 is 0 Å². The smallest absolute Gasteiger partial charge is 0.263 e. The molecule has 0 bridgehead atoms. The Hall–Kier alpha value is -0.760. The number of nitrogens with zero attached hydrogens (tertiary/aromatic N) is 3. The number of aliphatic hydroxyl groups excluding tert-OH is 1. The van der Waals surface area contributed by atoms with Gasteiger partial charge in [-0.25, -0.2) is 0 Å². The van der Waals surface area contributed by atoms with Crippen LogP contribution in [0, 0.1) is 0 Å². The molecular weight excluding hydrogens is 218 g/mol. The zero-order valence-electron chi connectivity index (χ0n) is 9.01. The highest BCUT2D eigenvalue weighted by molar-refractivity contribution is 7.87. The van der Waals surface area contributed by atoms with Crippen molar-refractivity contribution >= 4 is 11.5 Å². The summed E-state index contributed by atoms with van der Waals surface area (Å²) >= 11 is -1.43. The van der Waals surface area contributed by atoms with E-state index in [9.17, 15) is 4.55 Å². The zero-order valence-corrected chi connectivity index (χ0v) is 9.82. The molecule has 0 saturated heterocycles. The first-order chi connectivity index (χ1) is 7.10. The molecule has 15 heavy (non-hydrogen) atoms. The first-order valence-corrected chi connectivity index (χ1v) is 5.58. The average molecular weight is 233 g/mol. The maximum Gasteiger partial charge on any atom is 0.263 e. The van der Waals surface area contributed by atoms with E-state index in [1.165, 1.54) is 8.39 Å². The summed E-state index contributed by atoms with van der Waals surface area (Å²) in [6, 6.07) is 1.57. The summed E-state index contributed by atoms with van der Waals surface area (Å²) in [5.74, 6) is 0.397. The van der Waals surface area contributed by atoms with Gasteiger partial charge in [0.1, 0.15) is 0 Å². The molecule has 1 N–H and O–H groups in total. The van der Waals surface area contributed by atoms with Crippen LogP contribution in [0.1, 0.15) is 12.6 Å². The minimum Gasteiger partial charge on any atom is -0.572 e. The van der Waals surface area contributed by atoms with Crippen molar-refractivity contribution in [3.05, 3.63) is 11.8 Å². The fourth-order valence-corrected chi connectivity index (χ4v) is 1.72. The van der Waals surface area contributed by atoms with Crippen LogP contribution in [0.15, 0.2) is 6.07 Å². The van der Waals surface area contributed by atoms with Crippen LogP contribution in [-0.4, -0.2) is 43.9 Å². The Bertz CT molecular complexity index is 316. The van der Waals surface area contributed by atoms with Crippen LogP contribution in [0.25, 0.3) is 0 Å². The lowest BCUT2D eigenvalue weighted by atomic mass is 10.5. The van der Waals surface area contributed by atoms with Crippen molar-refractivity contribution in [3.63, 3.8) is 0 Å². The summed E-state index contributed by atoms with van der Waals surface area (Å²) < 4.78 is 19.7. The monoisotopic (exact) mass is 233 g/mol. The van der Waals surface area contributed by atoms with Gasteiger partial charge in [-0.15, -0.1) is 9.40 Å². The summed E-state index contributed by atoms with van der Waals surface area (Å²) in [5.41, 5.74) is 0.439. The van der Waals surface area contributed by atoms with E-state index >= 15 is 0 Å². The van der Waals surface area contributed by atoms with E-state index in [2.05, 4.69) is 5.10 Å². The maximum atomic E-state index is 11.7. The molecular formula is C8H15N3O3S. The molecule has 0 aliphatic carbocycles. The lowest BCUT2D eigenvalue weighted by Crippen LogP contribution is -2.30. The molecule has 0 saturated carbocycles. The van der Waals surface area contributed by atoms with Gasteiger partial charge in [0.2, 0.25) is 0 Å². The third kappa shape index (κ3) is 2.85. The zero-order chi connectivity index (χ0) is 11.4. The Balaban J connectivity index is 2.97. The average Bonchev–Trinajstić information content (AvgIpc) is 2.60. The van der Waals surface area contributed by atoms with Crippen molar-refractivity contribution < 1.29 is 14.4 Å². The first kappa shape index (κ1) is 12.3. The molecule has 0 spiro atoms. The van der Waals surface area contributed by atoms with Crippen LogP contribution in [0.2, 0.25) is 0 Å². The predicted octanol–water partition coefficient (Wildman–Crippen LogP) is -0.238. The van der Waals surface area contributed by atoms with Gasteiger partial charge in [-0.2, -0.15) is 0 Å². The van der Waals surface area contributed by atoms with Crippen LogP contribution in [-0.2, 0) is 18.2 Å². The second-order valence-electron chi connectivity index (χ2n) is 2.98. The highest BCUT2D eigenvalue weighted by atomic mass is 32.2. The minimum absolute atomic E-state index is 0.197. The fraction of sp³-hybridized carbons (Fsp3) is 0.625. The second kappa shape index (κ2) is 5.36. The largest absolute Gasteiger partial charge is 0.572 e. The third-order valence-corrected chi connectivity index (χ3v) is 2.79. The van der Waals surface area contributed by atoms with Gasteiger partial charge >= 0.3 is 0 Å². The third-order valence-electron chi connectivity index (χ3n) is 1.61. The van der Waals surface area contributed by atoms with E-state index in [4.69, 9.17) is 9.84 Å². The molecule has 1 aromatic rings. The molecule has 0 radical (unpaired) electrons. The van der Waals surface area contributed by atoms with Gasteiger partial charge < -0.3 is 14.4 Å². The Labute approximate surface area is 91.9 Å². The number of ether oxygens (including phenoxy) is 1. The lowest BCUT2D eigenvalue weighted by molar-refractivity contribution is 0.276. The first-order valence-electron chi connectivity index (χ1n) is 4.52. The molecule has 1 aromatic heterocycles. The molecule has 1 atom stereocenters. The summed E-state index contributed by atoms with van der Waals surface area (Å²) in [5, 5.41) is 12.9. The molecule has 0 fully saturated rings. The van der Waals surface area contributed by atoms with E-state index in [1.807, 2.05) is 6.92 Å². The SMILES string of the molecule is CCOc1cc(CO)nn1[S+]([O-])N(C)C. The molecule has 6 nitrogen and oxygen atoms in total. The number of rotatable bonds is 5. The van der Waals surface area contributed by atoms with Crippen molar-refractivity contribution in [1.29, 1.82) is 0 Å². The molecule has 1 heterocycles. The van der Waals surface area contributed by atoms with Gasteiger partial charge in [-0.3, -0.25) is 0 Å². The van der Waals surface area contributed by atoms with Gasteiger partial charge in [0.05, 0.1) is 18.9 Å². The highest BCUT2D eigenvalue weighted by Gasteiger charge is 2.21. The highest BCUT2D eigenvalue weighted by Crippen LogP contribution is 2.17. The molecule has 0 aromatic carbocycles. The maximum absolute atomic E-state index is 11.7. The summed E-state index contributed by atoms with van der Waals surface area (Å²) in [4.78, 5) is 0. The van der Waals surface area contributed by atoms with Crippen molar-refractivity contribution in [2.24, 2.45) is 0 Å². The van der Waals surface area contributed by atoms with Gasteiger partial charge in [-0.05, 0) is 11.0 Å². The van der Waals surface area contributed by atoms with Crippen molar-refractivity contribution in [3.8, 4) is 5.88 Å². The van der Waals surface area contributed by atoms with E-state index < -0.39 is 11.5 Å². The van der Waals surface area contributed by atoms with E-state index in [0.717, 1.165) is 0 Å². The van der Waals surface area contributed by atoms with Crippen LogP contribution in [0.4, 0.5) is 0 Å². The normalized spacial score (nSPS) is 13.2. The molecule has 86 valence electrons. The van der Waals surface area contributed by atoms with Crippen molar-refractivity contribution in [1.82, 2.24) is 13.5 Å². The van der Waals surface area contributed by atoms with E-state index in [0.29, 0.717) is 18.2 Å². The van der Waals surface area contributed by atoms with Gasteiger partial charge in [0.25, 0.3) is 5.88 Å². The quantitative estimate of drug-likeness (QED) is 0.711. The predicted molar refractivity (Wildman–Crippen MR) is 56.5 cm³/mol. The number of aliphatic hydroxyl groups is 1. The Kier molecular flexibility index (Phi) is 4.40. The standard InChI is InChI=1S/C8H15N3O3S/c1-4-14-8-5-7(6-12)9-11(8)15(13)10(2)3/h5,12H,4,6H2,1-3H3. The van der Waals surface area contributed by atoms with Gasteiger partial charge in [-0.1, -0.05) is 0 Å². The number of aromatic nitrogens is 2. The lowest BCUT2D eigenvalue weighted by Gasteiger charge is -2.15. The topological polar surface area (TPSA) is 73.6 Å². The van der Waals surface area contributed by atoms with E-state index in [1.54, 1.807) is 20.2 Å². The number of hydrogen-bond donors (Lipinski definition) is 1. The molecule has 7 heteroatoms.